The normalized spacial score (nSPS) is 11.1. The standard InChI is InChI=1S/C21H17ClN2O2S/c1-13-5-3-6-15(9-13)20(25)24(12-17-7-4-8-26-17)21-23-19-14(2)10-16(22)11-18(19)27-21/h3-11H,12H2,1-2H3. The number of halogens is 1. The first kappa shape index (κ1) is 17.8. The summed E-state index contributed by atoms with van der Waals surface area (Å²) in [4.78, 5) is 19.7. The summed E-state index contributed by atoms with van der Waals surface area (Å²) in [5, 5.41) is 1.29. The SMILES string of the molecule is Cc1cccc(C(=O)N(Cc2ccco2)c2nc3c(C)cc(Cl)cc3s2)c1. The number of amides is 1. The molecule has 4 rings (SSSR count). The molecule has 2 heterocycles. The summed E-state index contributed by atoms with van der Waals surface area (Å²) in [7, 11) is 0. The van der Waals surface area contributed by atoms with Gasteiger partial charge in [0.25, 0.3) is 5.91 Å². The Bertz CT molecular complexity index is 1120. The summed E-state index contributed by atoms with van der Waals surface area (Å²) in [6.45, 7) is 4.25. The molecular weight excluding hydrogens is 380 g/mol. The molecule has 0 aliphatic heterocycles. The zero-order chi connectivity index (χ0) is 19.0. The van der Waals surface area contributed by atoms with Crippen LogP contribution in [0.5, 0.6) is 0 Å². The second-order valence-corrected chi connectivity index (χ2v) is 7.85. The van der Waals surface area contributed by atoms with E-state index < -0.39 is 0 Å². The first-order valence-corrected chi connectivity index (χ1v) is 9.68. The van der Waals surface area contributed by atoms with Gasteiger partial charge in [-0.2, -0.15) is 0 Å². The fourth-order valence-corrected chi connectivity index (χ4v) is 4.39. The molecular formula is C21H17ClN2O2S. The van der Waals surface area contributed by atoms with Gasteiger partial charge in [0.1, 0.15) is 5.76 Å². The maximum atomic E-state index is 13.3. The van der Waals surface area contributed by atoms with Crippen LogP contribution in [0.2, 0.25) is 5.02 Å². The molecule has 0 spiro atoms. The zero-order valence-electron chi connectivity index (χ0n) is 14.9. The van der Waals surface area contributed by atoms with Crippen molar-refractivity contribution in [3.63, 3.8) is 0 Å². The van der Waals surface area contributed by atoms with Gasteiger partial charge < -0.3 is 4.42 Å². The number of rotatable bonds is 4. The summed E-state index contributed by atoms with van der Waals surface area (Å²) >= 11 is 7.64. The fraction of sp³-hybridized carbons (Fsp3) is 0.143. The number of aryl methyl sites for hydroxylation is 2. The van der Waals surface area contributed by atoms with Crippen molar-refractivity contribution in [2.75, 3.05) is 4.90 Å². The molecule has 1 amide bonds. The lowest BCUT2D eigenvalue weighted by Gasteiger charge is -2.19. The molecule has 6 heteroatoms. The van der Waals surface area contributed by atoms with E-state index in [2.05, 4.69) is 0 Å². The molecule has 4 nitrogen and oxygen atoms in total. The highest BCUT2D eigenvalue weighted by molar-refractivity contribution is 7.22. The predicted molar refractivity (Wildman–Crippen MR) is 110 cm³/mol. The molecule has 0 radical (unpaired) electrons. The lowest BCUT2D eigenvalue weighted by molar-refractivity contribution is 0.0983. The number of hydrogen-bond donors (Lipinski definition) is 0. The molecule has 0 aliphatic carbocycles. The molecule has 0 unspecified atom stereocenters. The minimum absolute atomic E-state index is 0.113. The maximum absolute atomic E-state index is 13.3. The molecule has 0 bridgehead atoms. The number of carbonyl (C=O) groups is 1. The molecule has 0 fully saturated rings. The molecule has 136 valence electrons. The van der Waals surface area contributed by atoms with Gasteiger partial charge in [0.2, 0.25) is 0 Å². The lowest BCUT2D eigenvalue weighted by atomic mass is 10.1. The Kier molecular flexibility index (Phi) is 4.72. The molecule has 0 atom stereocenters. The Morgan fingerprint density at radius 2 is 2.04 bits per heavy atom. The van der Waals surface area contributed by atoms with Gasteiger partial charge in [-0.15, -0.1) is 0 Å². The zero-order valence-corrected chi connectivity index (χ0v) is 16.5. The van der Waals surface area contributed by atoms with E-state index in [9.17, 15) is 4.79 Å². The quantitative estimate of drug-likeness (QED) is 0.424. The Labute approximate surface area is 166 Å². The van der Waals surface area contributed by atoms with Crippen molar-refractivity contribution in [2.24, 2.45) is 0 Å². The van der Waals surface area contributed by atoms with Crippen LogP contribution < -0.4 is 4.90 Å². The monoisotopic (exact) mass is 396 g/mol. The molecule has 0 saturated heterocycles. The third-order valence-electron chi connectivity index (χ3n) is 4.27. The van der Waals surface area contributed by atoms with Gasteiger partial charge in [0.05, 0.1) is 23.0 Å². The third kappa shape index (κ3) is 3.61. The molecule has 0 N–H and O–H groups in total. The number of nitrogens with zero attached hydrogens (tertiary/aromatic N) is 2. The first-order chi connectivity index (χ1) is 13.0. The van der Waals surface area contributed by atoms with E-state index in [0.717, 1.165) is 21.3 Å². The summed E-state index contributed by atoms with van der Waals surface area (Å²) in [5.41, 5.74) is 3.50. The molecule has 4 aromatic rings. The predicted octanol–water partition coefficient (Wildman–Crippen LogP) is 6.01. The van der Waals surface area contributed by atoms with E-state index in [-0.39, 0.29) is 5.91 Å². The van der Waals surface area contributed by atoms with E-state index in [1.165, 1.54) is 11.3 Å². The smallest absolute Gasteiger partial charge is 0.260 e. The largest absolute Gasteiger partial charge is 0.467 e. The number of aromatic nitrogens is 1. The molecule has 0 aliphatic rings. The van der Waals surface area contributed by atoms with Crippen molar-refractivity contribution in [3.8, 4) is 0 Å². The number of furan rings is 1. The van der Waals surface area contributed by atoms with Crippen LogP contribution in [0.4, 0.5) is 5.13 Å². The second kappa shape index (κ2) is 7.18. The third-order valence-corrected chi connectivity index (χ3v) is 5.52. The van der Waals surface area contributed by atoms with Gasteiger partial charge in [-0.1, -0.05) is 40.6 Å². The average molecular weight is 397 g/mol. The molecule has 27 heavy (non-hydrogen) atoms. The second-order valence-electron chi connectivity index (χ2n) is 6.41. The van der Waals surface area contributed by atoms with Crippen LogP contribution in [0.1, 0.15) is 27.2 Å². The molecule has 2 aromatic heterocycles. The van der Waals surface area contributed by atoms with Gasteiger partial charge in [-0.25, -0.2) is 4.98 Å². The maximum Gasteiger partial charge on any atom is 0.260 e. The van der Waals surface area contributed by atoms with Crippen molar-refractivity contribution < 1.29 is 9.21 Å². The highest BCUT2D eigenvalue weighted by Crippen LogP contribution is 2.34. The Hall–Kier alpha value is -2.63. The van der Waals surface area contributed by atoms with E-state index in [0.29, 0.717) is 28.0 Å². The fourth-order valence-electron chi connectivity index (χ4n) is 2.98. The van der Waals surface area contributed by atoms with E-state index in [1.807, 2.05) is 62.4 Å². The van der Waals surface area contributed by atoms with Crippen LogP contribution in [0, 0.1) is 13.8 Å². The van der Waals surface area contributed by atoms with Crippen LogP contribution in [0.25, 0.3) is 10.2 Å². The van der Waals surface area contributed by atoms with Crippen LogP contribution >= 0.6 is 22.9 Å². The minimum atomic E-state index is -0.113. The van der Waals surface area contributed by atoms with Crippen molar-refractivity contribution in [2.45, 2.75) is 20.4 Å². The van der Waals surface area contributed by atoms with Crippen LogP contribution in [-0.4, -0.2) is 10.9 Å². The van der Waals surface area contributed by atoms with Gasteiger partial charge in [0, 0.05) is 10.6 Å². The first-order valence-electron chi connectivity index (χ1n) is 8.49. The Morgan fingerprint density at radius 3 is 2.78 bits per heavy atom. The lowest BCUT2D eigenvalue weighted by Crippen LogP contribution is -2.30. The number of carbonyl (C=O) groups excluding carboxylic acids is 1. The molecule has 2 aromatic carbocycles. The summed E-state index contributed by atoms with van der Waals surface area (Å²) in [5.74, 6) is 0.586. The van der Waals surface area contributed by atoms with E-state index in [1.54, 1.807) is 11.2 Å². The number of hydrogen-bond acceptors (Lipinski definition) is 4. The van der Waals surface area contributed by atoms with Crippen molar-refractivity contribution in [1.82, 2.24) is 4.98 Å². The van der Waals surface area contributed by atoms with Crippen LogP contribution in [0.15, 0.2) is 59.2 Å². The Balaban J connectivity index is 1.80. The summed E-state index contributed by atoms with van der Waals surface area (Å²) in [6.07, 6.45) is 1.60. The molecule has 0 saturated carbocycles. The van der Waals surface area contributed by atoms with E-state index >= 15 is 0 Å². The number of fused-ring (bicyclic) bond motifs is 1. The highest BCUT2D eigenvalue weighted by atomic mass is 35.5. The topological polar surface area (TPSA) is 46.3 Å². The van der Waals surface area contributed by atoms with Crippen molar-refractivity contribution >= 4 is 44.2 Å². The summed E-state index contributed by atoms with van der Waals surface area (Å²) in [6, 6.07) is 15.0. The number of benzene rings is 2. The van der Waals surface area contributed by atoms with Crippen LogP contribution in [0.3, 0.4) is 0 Å². The summed E-state index contributed by atoms with van der Waals surface area (Å²) < 4.78 is 6.43. The number of anilines is 1. The van der Waals surface area contributed by atoms with Gasteiger partial charge in [-0.3, -0.25) is 9.69 Å². The van der Waals surface area contributed by atoms with Crippen molar-refractivity contribution in [3.05, 3.63) is 82.3 Å². The van der Waals surface area contributed by atoms with Gasteiger partial charge >= 0.3 is 0 Å². The van der Waals surface area contributed by atoms with E-state index in [4.69, 9.17) is 21.0 Å². The minimum Gasteiger partial charge on any atom is -0.467 e. The average Bonchev–Trinajstić information content (AvgIpc) is 3.28. The van der Waals surface area contributed by atoms with Crippen molar-refractivity contribution in [1.29, 1.82) is 0 Å². The van der Waals surface area contributed by atoms with Gasteiger partial charge in [-0.05, 0) is 55.8 Å². The van der Waals surface area contributed by atoms with Gasteiger partial charge in [0.15, 0.2) is 5.13 Å². The Morgan fingerprint density at radius 1 is 1.19 bits per heavy atom. The number of thiazole rings is 1. The van der Waals surface area contributed by atoms with Crippen LogP contribution in [-0.2, 0) is 6.54 Å². The highest BCUT2D eigenvalue weighted by Gasteiger charge is 2.23.